The van der Waals surface area contributed by atoms with Gasteiger partial charge in [0.25, 0.3) is 0 Å². The Balaban J connectivity index is 2.95. The van der Waals surface area contributed by atoms with E-state index in [2.05, 4.69) is 32.2 Å². The molecule has 1 aromatic carbocycles. The van der Waals surface area contributed by atoms with Gasteiger partial charge in [0.1, 0.15) is 11.5 Å². The van der Waals surface area contributed by atoms with Crippen molar-refractivity contribution in [3.05, 3.63) is 23.8 Å². The molecule has 3 heteroatoms. The Labute approximate surface area is 130 Å². The molecule has 2 atom stereocenters. The minimum atomic E-state index is 0.340. The Hall–Kier alpha value is -1.22. The number of nitrogens with one attached hydrogen (secondary N) is 1. The van der Waals surface area contributed by atoms with Crippen LogP contribution in [-0.4, -0.2) is 20.8 Å². The molecular formula is C18H31NO2. The van der Waals surface area contributed by atoms with Crippen LogP contribution in [0.5, 0.6) is 11.5 Å². The van der Waals surface area contributed by atoms with Gasteiger partial charge in [0.05, 0.1) is 14.2 Å². The maximum atomic E-state index is 5.57. The molecule has 0 aliphatic rings. The first-order valence-electron chi connectivity index (χ1n) is 8.11. The summed E-state index contributed by atoms with van der Waals surface area (Å²) in [5, 5.41) is 3.67. The van der Waals surface area contributed by atoms with Crippen LogP contribution in [0.15, 0.2) is 18.2 Å². The molecule has 0 bridgehead atoms. The maximum absolute atomic E-state index is 5.57. The first-order chi connectivity index (χ1) is 10.2. The van der Waals surface area contributed by atoms with Crippen LogP contribution in [0, 0.1) is 5.92 Å². The summed E-state index contributed by atoms with van der Waals surface area (Å²) in [7, 11) is 3.41. The van der Waals surface area contributed by atoms with Gasteiger partial charge in [0.2, 0.25) is 0 Å². The zero-order valence-corrected chi connectivity index (χ0v) is 14.2. The number of hydrogen-bond donors (Lipinski definition) is 1. The fourth-order valence-corrected chi connectivity index (χ4v) is 2.76. The molecule has 0 amide bonds. The lowest BCUT2D eigenvalue weighted by molar-refractivity contribution is 0.360. The van der Waals surface area contributed by atoms with E-state index in [1.807, 2.05) is 12.1 Å². The Morgan fingerprint density at radius 2 is 1.86 bits per heavy atom. The van der Waals surface area contributed by atoms with Crippen LogP contribution in [0.4, 0.5) is 0 Å². The van der Waals surface area contributed by atoms with Crippen molar-refractivity contribution < 1.29 is 9.47 Å². The van der Waals surface area contributed by atoms with E-state index in [1.54, 1.807) is 14.2 Å². The van der Waals surface area contributed by atoms with E-state index in [0.717, 1.165) is 30.9 Å². The van der Waals surface area contributed by atoms with Crippen LogP contribution in [0.1, 0.15) is 58.1 Å². The third kappa shape index (κ3) is 5.58. The molecule has 0 radical (unpaired) electrons. The molecule has 0 heterocycles. The summed E-state index contributed by atoms with van der Waals surface area (Å²) in [4.78, 5) is 0. The number of benzene rings is 1. The van der Waals surface area contributed by atoms with E-state index in [1.165, 1.54) is 18.4 Å². The molecular weight excluding hydrogens is 262 g/mol. The minimum Gasteiger partial charge on any atom is -0.497 e. The topological polar surface area (TPSA) is 30.5 Å². The Morgan fingerprint density at radius 3 is 2.43 bits per heavy atom. The third-order valence-corrected chi connectivity index (χ3v) is 3.88. The summed E-state index contributed by atoms with van der Waals surface area (Å²) in [6.07, 6.45) is 4.78. The molecule has 0 spiro atoms. The summed E-state index contributed by atoms with van der Waals surface area (Å²) in [6, 6.07) is 6.46. The van der Waals surface area contributed by atoms with Crippen molar-refractivity contribution in [2.45, 2.75) is 52.5 Å². The van der Waals surface area contributed by atoms with Crippen LogP contribution < -0.4 is 14.8 Å². The van der Waals surface area contributed by atoms with Gasteiger partial charge in [-0.05, 0) is 31.4 Å². The fraction of sp³-hybridized carbons (Fsp3) is 0.667. The smallest absolute Gasteiger partial charge is 0.127 e. The predicted molar refractivity (Wildman–Crippen MR) is 89.3 cm³/mol. The largest absolute Gasteiger partial charge is 0.497 e. The molecule has 0 saturated carbocycles. The highest BCUT2D eigenvalue weighted by molar-refractivity contribution is 5.42. The van der Waals surface area contributed by atoms with E-state index in [4.69, 9.17) is 9.47 Å². The number of rotatable bonds is 10. The summed E-state index contributed by atoms with van der Waals surface area (Å²) >= 11 is 0. The molecule has 2 unspecified atom stereocenters. The summed E-state index contributed by atoms with van der Waals surface area (Å²) in [5.41, 5.74) is 1.23. The van der Waals surface area contributed by atoms with Crippen molar-refractivity contribution in [1.82, 2.24) is 5.32 Å². The summed E-state index contributed by atoms with van der Waals surface area (Å²) in [5.74, 6) is 2.45. The van der Waals surface area contributed by atoms with Gasteiger partial charge < -0.3 is 14.8 Å². The SMILES string of the molecule is CCCNC(CC(C)CCC)c1ccc(OC)cc1OC. The first-order valence-corrected chi connectivity index (χ1v) is 8.11. The Bertz CT molecular complexity index is 406. The normalized spacial score (nSPS) is 13.8. The van der Waals surface area contributed by atoms with Crippen molar-refractivity contribution in [1.29, 1.82) is 0 Å². The lowest BCUT2D eigenvalue weighted by atomic mass is 9.92. The molecule has 1 aromatic rings. The Kier molecular flexibility index (Phi) is 8.21. The molecule has 3 nitrogen and oxygen atoms in total. The molecule has 120 valence electrons. The quantitative estimate of drug-likeness (QED) is 0.685. The lowest BCUT2D eigenvalue weighted by Gasteiger charge is -2.24. The first kappa shape index (κ1) is 17.8. The molecule has 0 fully saturated rings. The highest BCUT2D eigenvalue weighted by atomic mass is 16.5. The van der Waals surface area contributed by atoms with Crippen molar-refractivity contribution in [2.75, 3.05) is 20.8 Å². The fourth-order valence-electron chi connectivity index (χ4n) is 2.76. The molecule has 0 saturated heterocycles. The minimum absolute atomic E-state index is 0.340. The summed E-state index contributed by atoms with van der Waals surface area (Å²) < 4.78 is 10.9. The third-order valence-electron chi connectivity index (χ3n) is 3.88. The molecule has 0 aromatic heterocycles. The highest BCUT2D eigenvalue weighted by Gasteiger charge is 2.18. The standard InChI is InChI=1S/C18H31NO2/c1-6-8-14(3)12-17(19-11-7-2)16-10-9-15(20-4)13-18(16)21-5/h9-10,13-14,17,19H,6-8,11-12H2,1-5H3. The van der Waals surface area contributed by atoms with Gasteiger partial charge in [0, 0.05) is 17.7 Å². The van der Waals surface area contributed by atoms with E-state index < -0.39 is 0 Å². The van der Waals surface area contributed by atoms with Crippen molar-refractivity contribution >= 4 is 0 Å². The van der Waals surface area contributed by atoms with Gasteiger partial charge in [-0.25, -0.2) is 0 Å². The van der Waals surface area contributed by atoms with Crippen LogP contribution in [0.3, 0.4) is 0 Å². The Morgan fingerprint density at radius 1 is 1.10 bits per heavy atom. The van der Waals surface area contributed by atoms with Crippen LogP contribution in [-0.2, 0) is 0 Å². The van der Waals surface area contributed by atoms with E-state index in [-0.39, 0.29) is 0 Å². The lowest BCUT2D eigenvalue weighted by Crippen LogP contribution is -2.24. The molecule has 21 heavy (non-hydrogen) atoms. The molecule has 1 N–H and O–H groups in total. The number of hydrogen-bond acceptors (Lipinski definition) is 3. The van der Waals surface area contributed by atoms with Crippen LogP contribution in [0.25, 0.3) is 0 Å². The number of ether oxygens (including phenoxy) is 2. The average Bonchev–Trinajstić information content (AvgIpc) is 2.51. The average molecular weight is 293 g/mol. The second-order valence-corrected chi connectivity index (χ2v) is 5.74. The van der Waals surface area contributed by atoms with Crippen LogP contribution in [0.2, 0.25) is 0 Å². The van der Waals surface area contributed by atoms with Crippen molar-refractivity contribution in [3.63, 3.8) is 0 Å². The van der Waals surface area contributed by atoms with Gasteiger partial charge >= 0.3 is 0 Å². The van der Waals surface area contributed by atoms with E-state index in [9.17, 15) is 0 Å². The van der Waals surface area contributed by atoms with E-state index >= 15 is 0 Å². The highest BCUT2D eigenvalue weighted by Crippen LogP contribution is 2.33. The van der Waals surface area contributed by atoms with E-state index in [0.29, 0.717) is 12.0 Å². The zero-order valence-electron chi connectivity index (χ0n) is 14.2. The van der Waals surface area contributed by atoms with Crippen molar-refractivity contribution in [2.24, 2.45) is 5.92 Å². The second kappa shape index (κ2) is 9.67. The zero-order chi connectivity index (χ0) is 15.7. The second-order valence-electron chi connectivity index (χ2n) is 5.74. The molecule has 1 rings (SSSR count). The molecule has 0 aliphatic carbocycles. The monoisotopic (exact) mass is 293 g/mol. The van der Waals surface area contributed by atoms with Crippen LogP contribution >= 0.6 is 0 Å². The van der Waals surface area contributed by atoms with Gasteiger partial charge in [-0.3, -0.25) is 0 Å². The van der Waals surface area contributed by atoms with Gasteiger partial charge in [0.15, 0.2) is 0 Å². The predicted octanol–water partition coefficient (Wildman–Crippen LogP) is 4.57. The maximum Gasteiger partial charge on any atom is 0.127 e. The summed E-state index contributed by atoms with van der Waals surface area (Å²) in [6.45, 7) is 7.81. The van der Waals surface area contributed by atoms with Crippen molar-refractivity contribution in [3.8, 4) is 11.5 Å². The van der Waals surface area contributed by atoms with Gasteiger partial charge in [-0.15, -0.1) is 0 Å². The van der Waals surface area contributed by atoms with Gasteiger partial charge in [-0.1, -0.05) is 39.7 Å². The number of methoxy groups -OCH3 is 2. The molecule has 0 aliphatic heterocycles. The van der Waals surface area contributed by atoms with Gasteiger partial charge in [-0.2, -0.15) is 0 Å².